The van der Waals surface area contributed by atoms with Crippen molar-refractivity contribution in [3.63, 3.8) is 0 Å². The quantitative estimate of drug-likeness (QED) is 0.363. The van der Waals surface area contributed by atoms with Gasteiger partial charge >= 0.3 is 0 Å². The molecule has 0 aliphatic rings. The molecule has 108 valence electrons. The molecule has 0 N–H and O–H groups in total. The molecule has 3 aromatic rings. The van der Waals surface area contributed by atoms with Gasteiger partial charge in [-0.05, 0) is 23.8 Å². The summed E-state index contributed by atoms with van der Waals surface area (Å²) in [6.07, 6.45) is 4.06. The molecule has 0 unspecified atom stereocenters. The highest BCUT2D eigenvalue weighted by Gasteiger charge is 2.02. The Bertz CT molecular complexity index is 734. The first-order valence-electron chi connectivity index (χ1n) is 7.13. The van der Waals surface area contributed by atoms with E-state index >= 15 is 0 Å². The second kappa shape index (κ2) is 7.14. The average molecular weight is 288 g/mol. The van der Waals surface area contributed by atoms with Crippen molar-refractivity contribution in [1.82, 2.24) is 0 Å². The summed E-state index contributed by atoms with van der Waals surface area (Å²) in [7, 11) is 0. The van der Waals surface area contributed by atoms with Gasteiger partial charge in [-0.2, -0.15) is 0 Å². The molecule has 0 saturated carbocycles. The summed E-state index contributed by atoms with van der Waals surface area (Å²) >= 11 is 0. The highest BCUT2D eigenvalue weighted by atomic mass is 17.2. The lowest BCUT2D eigenvalue weighted by molar-refractivity contribution is -0.100. The fourth-order valence-corrected chi connectivity index (χ4v) is 2.01. The predicted octanol–water partition coefficient (Wildman–Crippen LogP) is 5.23. The number of hydrogen-bond acceptors (Lipinski definition) is 2. The van der Waals surface area contributed by atoms with Crippen LogP contribution in [0.2, 0.25) is 0 Å². The molecule has 22 heavy (non-hydrogen) atoms. The summed E-state index contributed by atoms with van der Waals surface area (Å²) in [4.78, 5) is 10.8. The summed E-state index contributed by atoms with van der Waals surface area (Å²) in [5.41, 5.74) is 2.10. The maximum absolute atomic E-state index is 5.46. The van der Waals surface area contributed by atoms with E-state index in [1.54, 1.807) is 0 Å². The Balaban J connectivity index is 1.74. The van der Waals surface area contributed by atoms with E-state index in [4.69, 9.17) is 9.78 Å². The molecule has 3 aromatic carbocycles. The van der Waals surface area contributed by atoms with Crippen LogP contribution in [0.25, 0.3) is 12.2 Å². The number of benzene rings is 3. The topological polar surface area (TPSA) is 18.5 Å². The SMILES string of the molecule is C(=Cc1ccccc1OOc1ccccc1)c1ccccc1. The summed E-state index contributed by atoms with van der Waals surface area (Å²) in [6.45, 7) is 0. The predicted molar refractivity (Wildman–Crippen MR) is 89.5 cm³/mol. The van der Waals surface area contributed by atoms with Crippen molar-refractivity contribution in [2.24, 2.45) is 0 Å². The van der Waals surface area contributed by atoms with E-state index in [2.05, 4.69) is 12.1 Å². The molecule has 0 atom stereocenters. The van der Waals surface area contributed by atoms with Crippen LogP contribution in [-0.4, -0.2) is 0 Å². The molecule has 3 rings (SSSR count). The van der Waals surface area contributed by atoms with Crippen molar-refractivity contribution in [3.8, 4) is 11.5 Å². The van der Waals surface area contributed by atoms with Crippen molar-refractivity contribution in [1.29, 1.82) is 0 Å². The molecular formula is C20H16O2. The molecule has 2 nitrogen and oxygen atoms in total. The summed E-state index contributed by atoms with van der Waals surface area (Å²) in [5.74, 6) is 1.35. The lowest BCUT2D eigenvalue weighted by Crippen LogP contribution is -2.01. The number of hydrogen-bond donors (Lipinski definition) is 0. The van der Waals surface area contributed by atoms with Gasteiger partial charge in [0.2, 0.25) is 0 Å². The van der Waals surface area contributed by atoms with Crippen LogP contribution in [-0.2, 0) is 0 Å². The lowest BCUT2D eigenvalue weighted by atomic mass is 10.1. The Morgan fingerprint density at radius 3 is 1.95 bits per heavy atom. The average Bonchev–Trinajstić information content (AvgIpc) is 2.61. The second-order valence-corrected chi connectivity index (χ2v) is 4.76. The monoisotopic (exact) mass is 288 g/mol. The van der Waals surface area contributed by atoms with Gasteiger partial charge in [-0.25, -0.2) is 0 Å². The minimum Gasteiger partial charge on any atom is -0.290 e. The van der Waals surface area contributed by atoms with E-state index in [1.165, 1.54) is 0 Å². The molecule has 0 aromatic heterocycles. The normalized spacial score (nSPS) is 10.5. The Hall–Kier alpha value is -3.00. The van der Waals surface area contributed by atoms with Crippen molar-refractivity contribution >= 4 is 12.2 Å². The molecule has 0 amide bonds. The Labute approximate surface area is 130 Å². The number of para-hydroxylation sites is 2. The van der Waals surface area contributed by atoms with E-state index in [0.29, 0.717) is 11.5 Å². The molecule has 0 saturated heterocycles. The first kappa shape index (κ1) is 14.0. The van der Waals surface area contributed by atoms with Crippen LogP contribution in [0.1, 0.15) is 11.1 Å². The van der Waals surface area contributed by atoms with Gasteiger partial charge < -0.3 is 0 Å². The highest BCUT2D eigenvalue weighted by molar-refractivity contribution is 5.72. The van der Waals surface area contributed by atoms with Crippen LogP contribution in [0.4, 0.5) is 0 Å². The lowest BCUT2D eigenvalue weighted by Gasteiger charge is -2.08. The van der Waals surface area contributed by atoms with Crippen LogP contribution in [0.5, 0.6) is 11.5 Å². The van der Waals surface area contributed by atoms with Gasteiger partial charge in [-0.1, -0.05) is 78.9 Å². The van der Waals surface area contributed by atoms with Gasteiger partial charge in [0, 0.05) is 5.56 Å². The summed E-state index contributed by atoms with van der Waals surface area (Å²) < 4.78 is 0. The molecule has 0 radical (unpaired) electrons. The number of rotatable bonds is 5. The van der Waals surface area contributed by atoms with Gasteiger partial charge in [-0.15, -0.1) is 0 Å². The Kier molecular flexibility index (Phi) is 4.53. The third-order valence-corrected chi connectivity index (χ3v) is 3.14. The first-order chi connectivity index (χ1) is 10.9. The molecule has 0 aliphatic heterocycles. The zero-order valence-corrected chi connectivity index (χ0v) is 12.1. The molecule has 0 aliphatic carbocycles. The first-order valence-corrected chi connectivity index (χ1v) is 7.13. The fourth-order valence-electron chi connectivity index (χ4n) is 2.01. The standard InChI is InChI=1S/C20H16O2/c1-3-9-17(10-4-1)15-16-18-11-7-8-14-20(18)22-21-19-12-5-2-6-13-19/h1-16H. The van der Waals surface area contributed by atoms with E-state index < -0.39 is 0 Å². The molecule has 0 heterocycles. The van der Waals surface area contributed by atoms with Crippen molar-refractivity contribution in [2.75, 3.05) is 0 Å². The fraction of sp³-hybridized carbons (Fsp3) is 0. The van der Waals surface area contributed by atoms with E-state index in [9.17, 15) is 0 Å². The maximum Gasteiger partial charge on any atom is 0.185 e. The largest absolute Gasteiger partial charge is 0.290 e. The zero-order chi connectivity index (χ0) is 15.0. The molecule has 2 heteroatoms. The van der Waals surface area contributed by atoms with Crippen LogP contribution < -0.4 is 9.78 Å². The zero-order valence-electron chi connectivity index (χ0n) is 12.1. The maximum atomic E-state index is 5.46. The highest BCUT2D eigenvalue weighted by Crippen LogP contribution is 2.22. The third-order valence-electron chi connectivity index (χ3n) is 3.14. The minimum atomic E-state index is 0.671. The van der Waals surface area contributed by atoms with Crippen molar-refractivity contribution < 1.29 is 9.78 Å². The van der Waals surface area contributed by atoms with Crippen LogP contribution in [0.15, 0.2) is 84.9 Å². The molecule has 0 bridgehead atoms. The van der Waals surface area contributed by atoms with Crippen LogP contribution in [0.3, 0.4) is 0 Å². The van der Waals surface area contributed by atoms with E-state index in [1.807, 2.05) is 84.9 Å². The van der Waals surface area contributed by atoms with Gasteiger partial charge in [0.15, 0.2) is 11.5 Å². The van der Waals surface area contributed by atoms with Crippen LogP contribution >= 0.6 is 0 Å². The molecule has 0 fully saturated rings. The smallest absolute Gasteiger partial charge is 0.185 e. The van der Waals surface area contributed by atoms with Gasteiger partial charge in [0.05, 0.1) is 0 Å². The van der Waals surface area contributed by atoms with Crippen molar-refractivity contribution in [3.05, 3.63) is 96.1 Å². The van der Waals surface area contributed by atoms with Gasteiger partial charge in [-0.3, -0.25) is 9.78 Å². The van der Waals surface area contributed by atoms with Gasteiger partial charge in [0.1, 0.15) is 0 Å². The summed E-state index contributed by atoms with van der Waals surface area (Å²) in [5, 5.41) is 0. The second-order valence-electron chi connectivity index (χ2n) is 4.76. The Morgan fingerprint density at radius 2 is 1.18 bits per heavy atom. The molecule has 0 spiro atoms. The van der Waals surface area contributed by atoms with E-state index in [0.717, 1.165) is 11.1 Å². The summed E-state index contributed by atoms with van der Waals surface area (Å²) in [6, 6.07) is 27.3. The van der Waals surface area contributed by atoms with E-state index in [-0.39, 0.29) is 0 Å². The minimum absolute atomic E-state index is 0.671. The van der Waals surface area contributed by atoms with Crippen LogP contribution in [0, 0.1) is 0 Å². The van der Waals surface area contributed by atoms with Crippen molar-refractivity contribution in [2.45, 2.75) is 0 Å². The molecular weight excluding hydrogens is 272 g/mol. The Morgan fingerprint density at radius 1 is 0.545 bits per heavy atom. The van der Waals surface area contributed by atoms with Gasteiger partial charge in [0.25, 0.3) is 0 Å². The third kappa shape index (κ3) is 3.76.